The summed E-state index contributed by atoms with van der Waals surface area (Å²) in [4.78, 5) is 22.9. The third-order valence-corrected chi connectivity index (χ3v) is 8.51. The molecule has 1 N–H and O–H groups in total. The minimum Gasteiger partial charge on any atom is -0.493 e. The van der Waals surface area contributed by atoms with E-state index in [-0.39, 0.29) is 12.2 Å². The van der Waals surface area contributed by atoms with E-state index in [0.717, 1.165) is 40.6 Å². The molecule has 0 saturated heterocycles. The minimum absolute atomic E-state index is 0.0953. The van der Waals surface area contributed by atoms with Gasteiger partial charge in [-0.05, 0) is 76.5 Å². The van der Waals surface area contributed by atoms with E-state index in [4.69, 9.17) is 37.7 Å². The van der Waals surface area contributed by atoms with Crippen molar-refractivity contribution in [1.29, 1.82) is 0 Å². The van der Waals surface area contributed by atoms with Gasteiger partial charge in [-0.25, -0.2) is 4.98 Å². The zero-order valence-corrected chi connectivity index (χ0v) is 22.4. The largest absolute Gasteiger partial charge is 0.493 e. The number of nitrogens with zero attached hydrogens (tertiary/aromatic N) is 1. The van der Waals surface area contributed by atoms with E-state index in [1.807, 2.05) is 18.2 Å². The summed E-state index contributed by atoms with van der Waals surface area (Å²) in [6.45, 7) is 2.54. The smallest absolute Gasteiger partial charge is 0.260 e. The number of nitrogens with one attached hydrogen (secondary N) is 1. The standard InChI is InChI=1S/C25H21BrCl2N2O3S/c1-12-3-5-15-20(7-12)34-25-21(15)24(31)29-23(30-25)14-9-16(26)22(19(10-14)32-2)33-11-13-4-6-17(27)18(28)8-13/h4,6,8-10,12H,3,5,7,11H2,1-2H3,(H,29,30,31). The molecule has 1 aliphatic carbocycles. The highest BCUT2D eigenvalue weighted by molar-refractivity contribution is 9.10. The first-order chi connectivity index (χ1) is 16.3. The van der Waals surface area contributed by atoms with E-state index in [0.29, 0.717) is 37.8 Å². The molecule has 1 atom stereocenters. The molecule has 0 spiro atoms. The second-order valence-electron chi connectivity index (χ2n) is 8.47. The van der Waals surface area contributed by atoms with Gasteiger partial charge in [0.25, 0.3) is 5.56 Å². The number of ether oxygens (including phenoxy) is 2. The van der Waals surface area contributed by atoms with Crippen LogP contribution in [-0.2, 0) is 19.4 Å². The van der Waals surface area contributed by atoms with Crippen molar-refractivity contribution in [2.75, 3.05) is 7.11 Å². The van der Waals surface area contributed by atoms with Crippen LogP contribution in [-0.4, -0.2) is 17.1 Å². The molecule has 2 heterocycles. The lowest BCUT2D eigenvalue weighted by molar-refractivity contribution is 0.282. The number of methoxy groups -OCH3 is 1. The number of aromatic amines is 1. The van der Waals surface area contributed by atoms with Crippen LogP contribution in [0.4, 0.5) is 0 Å². The average molecular weight is 580 g/mol. The van der Waals surface area contributed by atoms with Crippen molar-refractivity contribution >= 4 is 60.7 Å². The van der Waals surface area contributed by atoms with Crippen molar-refractivity contribution in [3.05, 3.63) is 71.2 Å². The van der Waals surface area contributed by atoms with Gasteiger partial charge in [0.1, 0.15) is 17.3 Å². The fraction of sp³-hybridized carbons (Fsp3) is 0.280. The predicted octanol–water partition coefficient (Wildman–Crippen LogP) is 7.43. The normalized spacial score (nSPS) is 15.4. The molecule has 5 rings (SSSR count). The van der Waals surface area contributed by atoms with Gasteiger partial charge in [-0.1, -0.05) is 36.2 Å². The Morgan fingerprint density at radius 3 is 2.82 bits per heavy atom. The molecule has 2 aromatic heterocycles. The number of hydrogen-bond donors (Lipinski definition) is 1. The zero-order chi connectivity index (χ0) is 24.0. The summed E-state index contributed by atoms with van der Waals surface area (Å²) in [5.74, 6) is 2.20. The number of aromatic nitrogens is 2. The average Bonchev–Trinajstić information content (AvgIpc) is 3.17. The van der Waals surface area contributed by atoms with Crippen molar-refractivity contribution in [3.63, 3.8) is 0 Å². The van der Waals surface area contributed by atoms with Gasteiger partial charge in [0.05, 0.1) is 27.0 Å². The monoisotopic (exact) mass is 578 g/mol. The maximum absolute atomic E-state index is 13.0. The lowest BCUT2D eigenvalue weighted by Crippen LogP contribution is -2.13. The van der Waals surface area contributed by atoms with Gasteiger partial charge in [0.15, 0.2) is 11.5 Å². The van der Waals surface area contributed by atoms with E-state index < -0.39 is 0 Å². The molecular formula is C25H21BrCl2N2O3S. The highest BCUT2D eigenvalue weighted by Gasteiger charge is 2.23. The Labute approximate surface area is 219 Å². The first kappa shape index (κ1) is 23.7. The maximum Gasteiger partial charge on any atom is 0.260 e. The van der Waals surface area contributed by atoms with Crippen LogP contribution in [0.2, 0.25) is 10.0 Å². The topological polar surface area (TPSA) is 64.2 Å². The van der Waals surface area contributed by atoms with Gasteiger partial charge in [-0.3, -0.25) is 4.79 Å². The summed E-state index contributed by atoms with van der Waals surface area (Å²) in [6.07, 6.45) is 3.05. The van der Waals surface area contributed by atoms with Gasteiger partial charge in [-0.2, -0.15) is 0 Å². The first-order valence-electron chi connectivity index (χ1n) is 10.8. The molecule has 0 bridgehead atoms. The van der Waals surface area contributed by atoms with Crippen molar-refractivity contribution < 1.29 is 9.47 Å². The molecule has 0 amide bonds. The number of fused-ring (bicyclic) bond motifs is 3. The first-order valence-corrected chi connectivity index (χ1v) is 13.2. The highest BCUT2D eigenvalue weighted by Crippen LogP contribution is 2.41. The summed E-state index contributed by atoms with van der Waals surface area (Å²) in [5, 5.41) is 1.70. The fourth-order valence-electron chi connectivity index (χ4n) is 4.27. The molecule has 0 fully saturated rings. The van der Waals surface area contributed by atoms with Crippen LogP contribution in [0.1, 0.15) is 29.3 Å². The molecule has 4 aromatic rings. The van der Waals surface area contributed by atoms with Gasteiger partial charge >= 0.3 is 0 Å². The molecule has 0 radical (unpaired) electrons. The molecule has 1 unspecified atom stereocenters. The van der Waals surface area contributed by atoms with Crippen molar-refractivity contribution in [1.82, 2.24) is 9.97 Å². The quantitative estimate of drug-likeness (QED) is 0.267. The Morgan fingerprint density at radius 2 is 2.06 bits per heavy atom. The van der Waals surface area contributed by atoms with Gasteiger partial charge in [0.2, 0.25) is 0 Å². The van der Waals surface area contributed by atoms with Crippen molar-refractivity contribution in [2.45, 2.75) is 32.8 Å². The Kier molecular flexibility index (Phi) is 6.64. The molecule has 5 nitrogen and oxygen atoms in total. The SMILES string of the molecule is COc1cc(-c2nc3sc4c(c3c(=O)[nH]2)CCC(C)C4)cc(Br)c1OCc1ccc(Cl)c(Cl)c1. The number of benzene rings is 2. The molecular weight excluding hydrogens is 559 g/mol. The summed E-state index contributed by atoms with van der Waals surface area (Å²) in [6, 6.07) is 9.04. The van der Waals surface area contributed by atoms with Gasteiger partial charge in [0, 0.05) is 10.4 Å². The van der Waals surface area contributed by atoms with E-state index in [9.17, 15) is 4.79 Å². The van der Waals surface area contributed by atoms with Crippen LogP contribution >= 0.6 is 50.5 Å². The van der Waals surface area contributed by atoms with Crippen LogP contribution in [0.25, 0.3) is 21.6 Å². The molecule has 1 aliphatic rings. The summed E-state index contributed by atoms with van der Waals surface area (Å²) in [7, 11) is 1.57. The van der Waals surface area contributed by atoms with Gasteiger partial charge in [-0.15, -0.1) is 11.3 Å². The Hall–Kier alpha value is -2.06. The number of H-pyrrole nitrogens is 1. The fourth-order valence-corrected chi connectivity index (χ4v) is 6.53. The molecule has 2 aromatic carbocycles. The molecule has 9 heteroatoms. The zero-order valence-electron chi connectivity index (χ0n) is 18.5. The summed E-state index contributed by atoms with van der Waals surface area (Å²) >= 11 is 17.3. The third-order valence-electron chi connectivity index (χ3n) is 6.04. The second-order valence-corrected chi connectivity index (χ2v) is 11.2. The number of thiophene rings is 1. The van der Waals surface area contributed by atoms with E-state index in [1.165, 1.54) is 10.4 Å². The lowest BCUT2D eigenvalue weighted by atomic mass is 9.89. The number of halogens is 3. The van der Waals surface area contributed by atoms with E-state index in [2.05, 4.69) is 27.8 Å². The van der Waals surface area contributed by atoms with Crippen LogP contribution in [0.3, 0.4) is 0 Å². The van der Waals surface area contributed by atoms with Crippen molar-refractivity contribution in [2.24, 2.45) is 5.92 Å². The minimum atomic E-state index is -0.0953. The number of aryl methyl sites for hydroxylation is 1. The molecule has 0 aliphatic heterocycles. The molecule has 34 heavy (non-hydrogen) atoms. The number of hydrogen-bond acceptors (Lipinski definition) is 5. The molecule has 176 valence electrons. The predicted molar refractivity (Wildman–Crippen MR) is 142 cm³/mol. The summed E-state index contributed by atoms with van der Waals surface area (Å²) < 4.78 is 12.3. The lowest BCUT2D eigenvalue weighted by Gasteiger charge is -2.17. The maximum atomic E-state index is 13.0. The highest BCUT2D eigenvalue weighted by atomic mass is 79.9. The van der Waals surface area contributed by atoms with Crippen LogP contribution in [0.5, 0.6) is 11.5 Å². The van der Waals surface area contributed by atoms with Crippen LogP contribution in [0.15, 0.2) is 39.6 Å². The number of rotatable bonds is 5. The second kappa shape index (κ2) is 9.53. The summed E-state index contributed by atoms with van der Waals surface area (Å²) in [5.41, 5.74) is 2.68. The third kappa shape index (κ3) is 4.47. The van der Waals surface area contributed by atoms with Crippen LogP contribution < -0.4 is 15.0 Å². The van der Waals surface area contributed by atoms with Crippen molar-refractivity contribution in [3.8, 4) is 22.9 Å². The molecule has 0 saturated carbocycles. The van der Waals surface area contributed by atoms with Crippen LogP contribution in [0, 0.1) is 5.92 Å². The Morgan fingerprint density at radius 1 is 1.24 bits per heavy atom. The Bertz CT molecular complexity index is 1470. The van der Waals surface area contributed by atoms with Gasteiger partial charge < -0.3 is 14.5 Å². The van der Waals surface area contributed by atoms with E-state index in [1.54, 1.807) is 30.6 Å². The Balaban J connectivity index is 1.49. The van der Waals surface area contributed by atoms with E-state index >= 15 is 0 Å².